The van der Waals surface area contributed by atoms with E-state index in [1.54, 1.807) is 0 Å². The highest BCUT2D eigenvalue weighted by molar-refractivity contribution is 6.31. The summed E-state index contributed by atoms with van der Waals surface area (Å²) < 4.78 is 18.4. The van der Waals surface area contributed by atoms with Gasteiger partial charge in [-0.25, -0.2) is 4.39 Å². The van der Waals surface area contributed by atoms with Crippen LogP contribution in [-0.2, 0) is 4.74 Å². The summed E-state index contributed by atoms with van der Waals surface area (Å²) in [5.41, 5.74) is -0.115. The Bertz CT molecular complexity index is 429. The van der Waals surface area contributed by atoms with Crippen LogP contribution in [0, 0.1) is 15.9 Å². The largest absolute Gasteiger partial charge is 0.382 e. The van der Waals surface area contributed by atoms with Crippen molar-refractivity contribution in [1.82, 2.24) is 0 Å². The van der Waals surface area contributed by atoms with Crippen LogP contribution in [0.15, 0.2) is 12.1 Å². The fraction of sp³-hybridized carbons (Fsp3) is 0.455. The molecule has 1 aromatic rings. The van der Waals surface area contributed by atoms with Gasteiger partial charge in [-0.15, -0.1) is 0 Å². The first-order chi connectivity index (χ1) is 8.56. The maximum absolute atomic E-state index is 13.2. The lowest BCUT2D eigenvalue weighted by Crippen LogP contribution is -2.07. The highest BCUT2D eigenvalue weighted by Gasteiger charge is 2.17. The molecular formula is C11H14ClFN2O3. The third-order valence-electron chi connectivity index (χ3n) is 2.22. The second kappa shape index (κ2) is 7.13. The highest BCUT2D eigenvalue weighted by Crippen LogP contribution is 2.30. The molecule has 100 valence electrons. The van der Waals surface area contributed by atoms with Crippen molar-refractivity contribution >= 4 is 23.0 Å². The van der Waals surface area contributed by atoms with Gasteiger partial charge in [-0.3, -0.25) is 10.1 Å². The molecule has 0 atom stereocenters. The summed E-state index contributed by atoms with van der Waals surface area (Å²) in [6, 6.07) is 2.03. The number of anilines is 1. The normalized spacial score (nSPS) is 10.4. The minimum Gasteiger partial charge on any atom is -0.382 e. The highest BCUT2D eigenvalue weighted by atomic mass is 35.5. The van der Waals surface area contributed by atoms with E-state index in [9.17, 15) is 14.5 Å². The molecule has 18 heavy (non-hydrogen) atoms. The number of hydrogen-bond acceptors (Lipinski definition) is 4. The zero-order valence-electron chi connectivity index (χ0n) is 9.91. The lowest BCUT2D eigenvalue weighted by atomic mass is 10.2. The first-order valence-corrected chi connectivity index (χ1v) is 5.89. The van der Waals surface area contributed by atoms with Crippen LogP contribution in [0.3, 0.4) is 0 Å². The van der Waals surface area contributed by atoms with Crippen molar-refractivity contribution in [3.63, 3.8) is 0 Å². The fourth-order valence-electron chi connectivity index (χ4n) is 1.37. The first kappa shape index (κ1) is 14.7. The Balaban J connectivity index is 2.68. The molecule has 1 aromatic carbocycles. The molecule has 0 saturated heterocycles. The summed E-state index contributed by atoms with van der Waals surface area (Å²) in [4.78, 5) is 10.2. The Morgan fingerprint density at radius 3 is 2.89 bits per heavy atom. The molecule has 0 heterocycles. The van der Waals surface area contributed by atoms with E-state index in [-0.39, 0.29) is 16.4 Å². The average Bonchev–Trinajstić information content (AvgIpc) is 2.32. The summed E-state index contributed by atoms with van der Waals surface area (Å²) in [6.07, 6.45) is 0.676. The Hall–Kier alpha value is -1.40. The molecule has 0 fully saturated rings. The van der Waals surface area contributed by atoms with Gasteiger partial charge in [-0.2, -0.15) is 0 Å². The van der Waals surface area contributed by atoms with Crippen molar-refractivity contribution in [1.29, 1.82) is 0 Å². The van der Waals surface area contributed by atoms with Crippen LogP contribution in [-0.4, -0.2) is 24.7 Å². The van der Waals surface area contributed by atoms with Crippen LogP contribution in [0.1, 0.15) is 13.3 Å². The molecule has 0 amide bonds. The SMILES string of the molecule is CCOCCCNc1cc(F)c(Cl)cc1[N+](=O)[O-]. The molecule has 0 aliphatic carbocycles. The van der Waals surface area contributed by atoms with Crippen molar-refractivity contribution in [2.45, 2.75) is 13.3 Å². The lowest BCUT2D eigenvalue weighted by molar-refractivity contribution is -0.384. The smallest absolute Gasteiger partial charge is 0.294 e. The topological polar surface area (TPSA) is 64.4 Å². The predicted molar refractivity (Wildman–Crippen MR) is 67.7 cm³/mol. The molecule has 0 spiro atoms. The van der Waals surface area contributed by atoms with E-state index in [1.165, 1.54) is 0 Å². The van der Waals surface area contributed by atoms with E-state index in [0.717, 1.165) is 12.1 Å². The summed E-state index contributed by atoms with van der Waals surface area (Å²) >= 11 is 5.51. The molecule has 7 heteroatoms. The van der Waals surface area contributed by atoms with E-state index in [4.69, 9.17) is 16.3 Å². The van der Waals surface area contributed by atoms with Crippen LogP contribution in [0.4, 0.5) is 15.8 Å². The van der Waals surface area contributed by atoms with E-state index >= 15 is 0 Å². The molecule has 5 nitrogen and oxygen atoms in total. The van der Waals surface area contributed by atoms with Gasteiger partial charge in [-0.05, 0) is 13.3 Å². The van der Waals surface area contributed by atoms with Gasteiger partial charge in [0.25, 0.3) is 5.69 Å². The van der Waals surface area contributed by atoms with E-state index in [2.05, 4.69) is 5.32 Å². The molecule has 0 saturated carbocycles. The number of nitro groups is 1. The minimum atomic E-state index is -0.686. The summed E-state index contributed by atoms with van der Waals surface area (Å²) in [5, 5.41) is 13.3. The minimum absolute atomic E-state index is 0.124. The van der Waals surface area contributed by atoms with Crippen molar-refractivity contribution in [3.05, 3.63) is 33.1 Å². The Morgan fingerprint density at radius 2 is 2.28 bits per heavy atom. The summed E-state index contributed by atoms with van der Waals surface area (Å²) in [7, 11) is 0. The van der Waals surface area contributed by atoms with Gasteiger partial charge in [0.15, 0.2) is 0 Å². The number of hydrogen-bond donors (Lipinski definition) is 1. The van der Waals surface area contributed by atoms with E-state index < -0.39 is 10.7 Å². The van der Waals surface area contributed by atoms with Gasteiger partial charge in [-0.1, -0.05) is 11.6 Å². The zero-order chi connectivity index (χ0) is 13.5. The summed E-state index contributed by atoms with van der Waals surface area (Å²) in [5.74, 6) is -0.686. The molecule has 0 radical (unpaired) electrons. The van der Waals surface area contributed by atoms with Crippen LogP contribution in [0.5, 0.6) is 0 Å². The van der Waals surface area contributed by atoms with E-state index in [1.807, 2.05) is 6.92 Å². The van der Waals surface area contributed by atoms with Crippen LogP contribution in [0.25, 0.3) is 0 Å². The van der Waals surface area contributed by atoms with Crippen molar-refractivity contribution in [2.75, 3.05) is 25.1 Å². The van der Waals surface area contributed by atoms with Gasteiger partial charge in [0.2, 0.25) is 0 Å². The second-order valence-corrected chi connectivity index (χ2v) is 3.93. The Kier molecular flexibility index (Phi) is 5.80. The molecule has 0 unspecified atom stereocenters. The number of rotatable bonds is 7. The standard InChI is InChI=1S/C11H14ClFN2O3/c1-2-18-5-3-4-14-10-7-9(13)8(12)6-11(10)15(16)17/h6-7,14H,2-5H2,1H3. The van der Waals surface area contributed by atoms with Crippen molar-refractivity contribution in [3.8, 4) is 0 Å². The van der Waals surface area contributed by atoms with Gasteiger partial charge >= 0.3 is 0 Å². The van der Waals surface area contributed by atoms with Crippen LogP contribution < -0.4 is 5.32 Å². The number of ether oxygens (including phenoxy) is 1. The van der Waals surface area contributed by atoms with E-state index in [0.29, 0.717) is 26.2 Å². The quantitative estimate of drug-likeness (QED) is 0.472. The van der Waals surface area contributed by atoms with Gasteiger partial charge in [0.1, 0.15) is 11.5 Å². The van der Waals surface area contributed by atoms with Crippen LogP contribution in [0.2, 0.25) is 5.02 Å². The van der Waals surface area contributed by atoms with Crippen molar-refractivity contribution in [2.24, 2.45) is 0 Å². The number of nitrogens with one attached hydrogen (secondary N) is 1. The first-order valence-electron chi connectivity index (χ1n) is 5.51. The molecule has 0 aliphatic heterocycles. The molecule has 1 rings (SSSR count). The second-order valence-electron chi connectivity index (χ2n) is 3.52. The fourth-order valence-corrected chi connectivity index (χ4v) is 1.53. The van der Waals surface area contributed by atoms with Gasteiger partial charge in [0.05, 0.1) is 9.95 Å². The average molecular weight is 277 g/mol. The molecule has 0 bridgehead atoms. The third kappa shape index (κ3) is 4.12. The summed E-state index contributed by atoms with van der Waals surface area (Å²) in [6.45, 7) is 3.51. The number of nitrogens with zero attached hydrogens (tertiary/aromatic N) is 1. The van der Waals surface area contributed by atoms with Crippen molar-refractivity contribution < 1.29 is 14.1 Å². The van der Waals surface area contributed by atoms with Gasteiger partial charge in [0, 0.05) is 31.9 Å². The molecular weight excluding hydrogens is 263 g/mol. The lowest BCUT2D eigenvalue weighted by Gasteiger charge is -2.08. The molecule has 0 aliphatic rings. The number of halogens is 2. The zero-order valence-corrected chi connectivity index (χ0v) is 10.7. The maximum atomic E-state index is 13.2. The number of benzene rings is 1. The third-order valence-corrected chi connectivity index (χ3v) is 2.51. The van der Waals surface area contributed by atoms with Crippen LogP contribution >= 0.6 is 11.6 Å². The maximum Gasteiger partial charge on any atom is 0.294 e. The predicted octanol–water partition coefficient (Wildman–Crippen LogP) is 3.23. The molecule has 0 aromatic heterocycles. The monoisotopic (exact) mass is 276 g/mol. The number of nitro benzene ring substituents is 1. The van der Waals surface area contributed by atoms with Gasteiger partial charge < -0.3 is 10.1 Å². The Labute approximate surface area is 109 Å². The Morgan fingerprint density at radius 1 is 1.56 bits per heavy atom. The molecule has 1 N–H and O–H groups in total.